The highest BCUT2D eigenvalue weighted by Gasteiger charge is 2.42. The first-order valence-electron chi connectivity index (χ1n) is 12.4. The van der Waals surface area contributed by atoms with E-state index < -0.39 is 5.92 Å². The number of hydrogen-bond acceptors (Lipinski definition) is 9. The Hall–Kier alpha value is -3.90. The standard InChI is InChI=1S/C30H32N2O6S/c1-30(2)13-21-27(22(33)14-30)26(18-11-24(36-4)28(38-6)25(12-18)37-5)20(15-31)29(32-21)39-16-23(34)17-7-9-19(35-3)10-8-17/h7-12,26,32H,13-14,16H2,1-6H3. The molecule has 0 aromatic heterocycles. The molecule has 1 unspecified atom stereocenters. The van der Waals surface area contributed by atoms with Crippen molar-refractivity contribution in [2.24, 2.45) is 5.41 Å². The Morgan fingerprint density at radius 1 is 1.03 bits per heavy atom. The summed E-state index contributed by atoms with van der Waals surface area (Å²) in [6.45, 7) is 4.10. The van der Waals surface area contributed by atoms with Gasteiger partial charge >= 0.3 is 0 Å². The lowest BCUT2D eigenvalue weighted by atomic mass is 9.69. The summed E-state index contributed by atoms with van der Waals surface area (Å²) in [5, 5.41) is 14.3. The minimum Gasteiger partial charge on any atom is -0.497 e. The molecule has 0 radical (unpaired) electrons. The van der Waals surface area contributed by atoms with Gasteiger partial charge in [0.25, 0.3) is 0 Å². The summed E-state index contributed by atoms with van der Waals surface area (Å²) in [5.41, 5.74) is 2.67. The summed E-state index contributed by atoms with van der Waals surface area (Å²) in [5.74, 6) is 1.31. The number of allylic oxidation sites excluding steroid dienone is 3. The summed E-state index contributed by atoms with van der Waals surface area (Å²) in [4.78, 5) is 26.5. The number of ether oxygens (including phenoxy) is 4. The van der Waals surface area contributed by atoms with Gasteiger partial charge in [-0.25, -0.2) is 0 Å². The van der Waals surface area contributed by atoms with Gasteiger partial charge in [-0.15, -0.1) is 0 Å². The Balaban J connectivity index is 1.79. The van der Waals surface area contributed by atoms with Crippen molar-refractivity contribution in [3.63, 3.8) is 0 Å². The number of methoxy groups -OCH3 is 4. The minimum absolute atomic E-state index is 0.0152. The third-order valence-electron chi connectivity index (χ3n) is 6.91. The highest BCUT2D eigenvalue weighted by molar-refractivity contribution is 8.03. The molecule has 1 heterocycles. The van der Waals surface area contributed by atoms with Gasteiger partial charge in [-0.1, -0.05) is 25.6 Å². The highest BCUT2D eigenvalue weighted by Crippen LogP contribution is 2.50. The Kier molecular flexibility index (Phi) is 8.26. The van der Waals surface area contributed by atoms with Crippen LogP contribution in [0.4, 0.5) is 0 Å². The predicted molar refractivity (Wildman–Crippen MR) is 149 cm³/mol. The van der Waals surface area contributed by atoms with Crippen LogP contribution in [0.3, 0.4) is 0 Å². The van der Waals surface area contributed by atoms with Gasteiger partial charge < -0.3 is 24.3 Å². The Morgan fingerprint density at radius 2 is 1.67 bits per heavy atom. The molecule has 0 saturated carbocycles. The molecule has 1 N–H and O–H groups in total. The molecule has 4 rings (SSSR count). The van der Waals surface area contributed by atoms with E-state index >= 15 is 0 Å². The molecule has 1 aliphatic carbocycles. The molecule has 1 aliphatic heterocycles. The monoisotopic (exact) mass is 548 g/mol. The third-order valence-corrected chi connectivity index (χ3v) is 7.92. The van der Waals surface area contributed by atoms with Crippen LogP contribution in [-0.2, 0) is 4.79 Å². The fourth-order valence-corrected chi connectivity index (χ4v) is 6.05. The Bertz CT molecular complexity index is 1380. The number of benzene rings is 2. The Morgan fingerprint density at radius 3 is 2.21 bits per heavy atom. The summed E-state index contributed by atoms with van der Waals surface area (Å²) >= 11 is 1.26. The summed E-state index contributed by atoms with van der Waals surface area (Å²) in [6.07, 6.45) is 0.996. The van der Waals surface area contributed by atoms with Crippen LogP contribution in [0.1, 0.15) is 48.5 Å². The predicted octanol–water partition coefficient (Wildman–Crippen LogP) is 5.40. The van der Waals surface area contributed by atoms with E-state index in [2.05, 4.69) is 11.4 Å². The second-order valence-electron chi connectivity index (χ2n) is 10.1. The topological polar surface area (TPSA) is 107 Å². The molecule has 0 bridgehead atoms. The van der Waals surface area contributed by atoms with Crippen LogP contribution < -0.4 is 24.3 Å². The van der Waals surface area contributed by atoms with Crippen LogP contribution in [0.25, 0.3) is 0 Å². The van der Waals surface area contributed by atoms with Crippen LogP contribution >= 0.6 is 11.8 Å². The molecule has 2 aromatic carbocycles. The second kappa shape index (κ2) is 11.5. The maximum Gasteiger partial charge on any atom is 0.203 e. The van der Waals surface area contributed by atoms with Gasteiger partial charge in [0, 0.05) is 23.3 Å². The molecule has 8 nitrogen and oxygen atoms in total. The lowest BCUT2D eigenvalue weighted by Crippen LogP contribution is -2.37. The average molecular weight is 549 g/mol. The zero-order valence-electron chi connectivity index (χ0n) is 23.0. The largest absolute Gasteiger partial charge is 0.497 e. The smallest absolute Gasteiger partial charge is 0.203 e. The first kappa shape index (κ1) is 28.1. The molecule has 9 heteroatoms. The number of rotatable bonds is 9. The van der Waals surface area contributed by atoms with Gasteiger partial charge in [0.05, 0.1) is 56.8 Å². The van der Waals surface area contributed by atoms with Crippen molar-refractivity contribution in [3.8, 4) is 29.1 Å². The van der Waals surface area contributed by atoms with E-state index in [1.54, 1.807) is 43.5 Å². The van der Waals surface area contributed by atoms with Crippen LogP contribution in [0.5, 0.6) is 23.0 Å². The van der Waals surface area contributed by atoms with E-state index in [-0.39, 0.29) is 22.7 Å². The molecule has 2 aromatic rings. The molecule has 39 heavy (non-hydrogen) atoms. The number of hydrogen-bond donors (Lipinski definition) is 1. The number of thioether (sulfide) groups is 1. The lowest BCUT2D eigenvalue weighted by Gasteiger charge is -2.39. The van der Waals surface area contributed by atoms with Crippen LogP contribution in [0.15, 0.2) is 58.3 Å². The maximum atomic E-state index is 13.5. The molecule has 0 amide bonds. The normalized spacial score (nSPS) is 18.1. The number of carbonyl (C=O) groups is 2. The van der Waals surface area contributed by atoms with E-state index in [1.807, 2.05) is 13.8 Å². The van der Waals surface area contributed by atoms with Crippen molar-refractivity contribution in [2.45, 2.75) is 32.6 Å². The minimum atomic E-state index is -0.651. The maximum absolute atomic E-state index is 13.5. The molecule has 204 valence electrons. The fourth-order valence-electron chi connectivity index (χ4n) is 5.09. The van der Waals surface area contributed by atoms with Crippen molar-refractivity contribution >= 4 is 23.3 Å². The van der Waals surface area contributed by atoms with Crippen molar-refractivity contribution in [2.75, 3.05) is 34.2 Å². The third kappa shape index (κ3) is 5.62. The summed E-state index contributed by atoms with van der Waals surface area (Å²) in [6, 6.07) is 12.8. The number of carbonyl (C=O) groups excluding carboxylic acids is 2. The molecule has 0 fully saturated rings. The highest BCUT2D eigenvalue weighted by atomic mass is 32.2. The molecule has 0 saturated heterocycles. The van der Waals surface area contributed by atoms with Gasteiger partial charge in [0.15, 0.2) is 23.1 Å². The molecule has 1 atom stereocenters. The van der Waals surface area contributed by atoms with Crippen molar-refractivity contribution < 1.29 is 28.5 Å². The van der Waals surface area contributed by atoms with Gasteiger partial charge in [0.2, 0.25) is 5.75 Å². The van der Waals surface area contributed by atoms with Crippen molar-refractivity contribution in [3.05, 3.63) is 69.4 Å². The average Bonchev–Trinajstić information content (AvgIpc) is 2.93. The van der Waals surface area contributed by atoms with Gasteiger partial charge in [-0.3, -0.25) is 9.59 Å². The molecular formula is C30H32N2O6S. The van der Waals surface area contributed by atoms with E-state index in [4.69, 9.17) is 18.9 Å². The molecule has 0 spiro atoms. The molecular weight excluding hydrogens is 516 g/mol. The molecule has 2 aliphatic rings. The summed E-state index contributed by atoms with van der Waals surface area (Å²) in [7, 11) is 6.14. The van der Waals surface area contributed by atoms with E-state index in [0.29, 0.717) is 63.1 Å². The lowest BCUT2D eigenvalue weighted by molar-refractivity contribution is -0.118. The zero-order valence-corrected chi connectivity index (χ0v) is 23.8. The number of dihydropyridines is 1. The number of Topliss-reactive ketones (excluding diaryl/α,β-unsaturated/α-hetero) is 2. The van der Waals surface area contributed by atoms with Crippen LogP contribution in [-0.4, -0.2) is 45.8 Å². The second-order valence-corrected chi connectivity index (χ2v) is 11.1. The van der Waals surface area contributed by atoms with E-state index in [1.165, 1.54) is 33.1 Å². The fraction of sp³-hybridized carbons (Fsp3) is 0.367. The Labute approximate surface area is 233 Å². The van der Waals surface area contributed by atoms with Gasteiger partial charge in [-0.2, -0.15) is 5.26 Å². The number of ketones is 2. The zero-order chi connectivity index (χ0) is 28.3. The summed E-state index contributed by atoms with van der Waals surface area (Å²) < 4.78 is 21.8. The van der Waals surface area contributed by atoms with Crippen molar-refractivity contribution in [1.82, 2.24) is 5.32 Å². The van der Waals surface area contributed by atoms with Gasteiger partial charge in [-0.05, 0) is 53.8 Å². The first-order chi connectivity index (χ1) is 18.7. The van der Waals surface area contributed by atoms with E-state index in [9.17, 15) is 14.9 Å². The van der Waals surface area contributed by atoms with E-state index in [0.717, 1.165) is 5.70 Å². The van der Waals surface area contributed by atoms with Crippen LogP contribution in [0, 0.1) is 16.7 Å². The number of nitrogens with one attached hydrogen (secondary N) is 1. The van der Waals surface area contributed by atoms with Crippen LogP contribution in [0.2, 0.25) is 0 Å². The SMILES string of the molecule is COc1ccc(C(=O)CSC2=C(C#N)C(c3cc(OC)c(OC)c(OC)c3)C3=C(CC(C)(C)CC3=O)N2)cc1. The first-order valence-corrected chi connectivity index (χ1v) is 13.4. The number of nitrogens with zero attached hydrogens (tertiary/aromatic N) is 1. The number of nitriles is 1. The van der Waals surface area contributed by atoms with Crippen molar-refractivity contribution in [1.29, 1.82) is 5.26 Å². The quantitative estimate of drug-likeness (QED) is 0.412. The van der Waals surface area contributed by atoms with Gasteiger partial charge in [0.1, 0.15) is 5.75 Å².